The van der Waals surface area contributed by atoms with Crippen molar-refractivity contribution in [1.29, 1.82) is 0 Å². The van der Waals surface area contributed by atoms with Crippen molar-refractivity contribution in [3.63, 3.8) is 0 Å². The first-order valence-electron chi connectivity index (χ1n) is 6.26. The van der Waals surface area contributed by atoms with Crippen LogP contribution in [0.3, 0.4) is 0 Å². The molecule has 0 saturated heterocycles. The number of hydrogen-bond acceptors (Lipinski definition) is 2. The topological polar surface area (TPSA) is 21.3 Å². The second-order valence-electron chi connectivity index (χ2n) is 4.68. The monoisotopic (exact) mass is 339 g/mol. The Morgan fingerprint density at radius 1 is 1.20 bits per heavy atom. The highest BCUT2D eigenvalue weighted by Gasteiger charge is 2.22. The van der Waals surface area contributed by atoms with E-state index in [9.17, 15) is 8.78 Å². The van der Waals surface area contributed by atoms with Crippen molar-refractivity contribution in [2.24, 2.45) is 0 Å². The third-order valence-corrected chi connectivity index (χ3v) is 3.85. The Bertz CT molecular complexity index is 623. The van der Waals surface area contributed by atoms with Gasteiger partial charge >= 0.3 is 0 Å². The molecule has 1 atom stereocenters. The first-order valence-corrected chi connectivity index (χ1v) is 7.06. The minimum Gasteiger partial charge on any atom is -0.488 e. The summed E-state index contributed by atoms with van der Waals surface area (Å²) in [6.45, 7) is 0.462. The highest BCUT2D eigenvalue weighted by atomic mass is 79.9. The van der Waals surface area contributed by atoms with Gasteiger partial charge in [0.05, 0.1) is 16.7 Å². The maximum absolute atomic E-state index is 13.6. The summed E-state index contributed by atoms with van der Waals surface area (Å²) >= 11 is 3.04. The minimum atomic E-state index is -0.613. The second kappa shape index (κ2) is 5.40. The molecule has 5 heteroatoms. The third kappa shape index (κ3) is 2.63. The molecule has 0 radical (unpaired) electrons. The molecule has 2 aromatic rings. The van der Waals surface area contributed by atoms with Gasteiger partial charge in [-0.3, -0.25) is 0 Å². The molecule has 1 aliphatic rings. The van der Waals surface area contributed by atoms with E-state index in [-0.39, 0.29) is 16.3 Å². The van der Waals surface area contributed by atoms with Gasteiger partial charge in [0.15, 0.2) is 0 Å². The Morgan fingerprint density at radius 2 is 2.00 bits per heavy atom. The van der Waals surface area contributed by atoms with Crippen LogP contribution in [0.5, 0.6) is 5.75 Å². The van der Waals surface area contributed by atoms with Crippen LogP contribution in [0.25, 0.3) is 0 Å². The van der Waals surface area contributed by atoms with Crippen molar-refractivity contribution in [3.8, 4) is 5.75 Å². The maximum atomic E-state index is 13.6. The predicted molar refractivity (Wildman–Crippen MR) is 77.1 cm³/mol. The van der Waals surface area contributed by atoms with Gasteiger partial charge in [-0.1, -0.05) is 18.2 Å². The molecule has 0 aromatic heterocycles. The van der Waals surface area contributed by atoms with Crippen LogP contribution in [-0.2, 0) is 6.42 Å². The van der Waals surface area contributed by atoms with Crippen molar-refractivity contribution < 1.29 is 13.5 Å². The van der Waals surface area contributed by atoms with Crippen molar-refractivity contribution >= 4 is 21.6 Å². The average Bonchev–Trinajstić information content (AvgIpc) is 2.84. The van der Waals surface area contributed by atoms with Crippen molar-refractivity contribution in [1.82, 2.24) is 0 Å². The van der Waals surface area contributed by atoms with Crippen molar-refractivity contribution in [2.45, 2.75) is 12.5 Å². The summed E-state index contributed by atoms with van der Waals surface area (Å²) < 4.78 is 32.7. The summed E-state index contributed by atoms with van der Waals surface area (Å²) in [6, 6.07) is 10.1. The third-order valence-electron chi connectivity index (χ3n) is 3.24. The SMILES string of the molecule is Fc1cc(F)c(NCC2Cc3ccccc3O2)cc1Br. The molecular formula is C15H12BrF2NO. The highest BCUT2D eigenvalue weighted by molar-refractivity contribution is 9.10. The lowest BCUT2D eigenvalue weighted by Gasteiger charge is -2.14. The fraction of sp³-hybridized carbons (Fsp3) is 0.200. The Balaban J connectivity index is 1.66. The minimum absolute atomic E-state index is 0.0457. The number of anilines is 1. The lowest BCUT2D eigenvalue weighted by molar-refractivity contribution is 0.246. The van der Waals surface area contributed by atoms with Crippen LogP contribution in [-0.4, -0.2) is 12.6 Å². The number of fused-ring (bicyclic) bond motifs is 1. The van der Waals surface area contributed by atoms with E-state index in [1.807, 2.05) is 24.3 Å². The van der Waals surface area contributed by atoms with Crippen LogP contribution >= 0.6 is 15.9 Å². The molecule has 1 unspecified atom stereocenters. The van der Waals surface area contributed by atoms with Gasteiger partial charge in [0.2, 0.25) is 0 Å². The van der Waals surface area contributed by atoms with Crippen LogP contribution < -0.4 is 10.1 Å². The Morgan fingerprint density at radius 3 is 2.80 bits per heavy atom. The predicted octanol–water partition coefficient (Wildman–Crippen LogP) is 4.14. The molecule has 0 aliphatic carbocycles. The van der Waals surface area contributed by atoms with E-state index in [0.29, 0.717) is 6.54 Å². The van der Waals surface area contributed by atoms with E-state index < -0.39 is 11.6 Å². The molecule has 3 rings (SSSR count). The second-order valence-corrected chi connectivity index (χ2v) is 5.53. The maximum Gasteiger partial charge on any atom is 0.149 e. The van der Waals surface area contributed by atoms with Gasteiger partial charge in [0.25, 0.3) is 0 Å². The molecule has 0 saturated carbocycles. The van der Waals surface area contributed by atoms with Crippen LogP contribution in [0, 0.1) is 11.6 Å². The fourth-order valence-electron chi connectivity index (χ4n) is 2.25. The van der Waals surface area contributed by atoms with Crippen LogP contribution in [0.2, 0.25) is 0 Å². The number of rotatable bonds is 3. The number of para-hydroxylation sites is 1. The Hall–Kier alpha value is -1.62. The standard InChI is InChI=1S/C15H12BrF2NO/c16-11-6-14(13(18)7-12(11)17)19-8-10-5-9-3-1-2-4-15(9)20-10/h1-4,6-7,10,19H,5,8H2. The Labute approximate surface area is 123 Å². The van der Waals surface area contributed by atoms with Gasteiger partial charge in [-0.2, -0.15) is 0 Å². The van der Waals surface area contributed by atoms with E-state index in [2.05, 4.69) is 21.2 Å². The van der Waals surface area contributed by atoms with Crippen LogP contribution in [0.15, 0.2) is 40.9 Å². The normalized spacial score (nSPS) is 16.6. The molecule has 0 fully saturated rings. The molecule has 104 valence electrons. The van der Waals surface area contributed by atoms with Crippen LogP contribution in [0.1, 0.15) is 5.56 Å². The summed E-state index contributed by atoms with van der Waals surface area (Å²) in [5.41, 5.74) is 1.41. The van der Waals surface area contributed by atoms with Gasteiger partial charge in [-0.15, -0.1) is 0 Å². The summed E-state index contributed by atoms with van der Waals surface area (Å²) in [5.74, 6) is -0.348. The molecule has 0 bridgehead atoms. The van der Waals surface area contributed by atoms with Gasteiger partial charge in [-0.25, -0.2) is 8.78 Å². The molecule has 1 heterocycles. The first kappa shape index (κ1) is 13.4. The number of ether oxygens (including phenoxy) is 1. The smallest absolute Gasteiger partial charge is 0.149 e. The lowest BCUT2D eigenvalue weighted by atomic mass is 10.1. The largest absolute Gasteiger partial charge is 0.488 e. The number of hydrogen-bond donors (Lipinski definition) is 1. The number of halogens is 3. The zero-order valence-electron chi connectivity index (χ0n) is 10.5. The van der Waals surface area contributed by atoms with Gasteiger partial charge in [0.1, 0.15) is 23.5 Å². The molecular weight excluding hydrogens is 328 g/mol. The highest BCUT2D eigenvalue weighted by Crippen LogP contribution is 2.29. The summed E-state index contributed by atoms with van der Waals surface area (Å²) in [5, 5.41) is 2.96. The Kier molecular flexibility index (Phi) is 3.61. The van der Waals surface area contributed by atoms with Gasteiger partial charge in [0, 0.05) is 12.5 Å². The first-order chi connectivity index (χ1) is 9.63. The summed E-state index contributed by atoms with van der Waals surface area (Å²) in [4.78, 5) is 0. The molecule has 1 aliphatic heterocycles. The zero-order valence-corrected chi connectivity index (χ0v) is 12.1. The van der Waals surface area contributed by atoms with Crippen molar-refractivity contribution in [3.05, 3.63) is 58.1 Å². The quantitative estimate of drug-likeness (QED) is 0.848. The summed E-state index contributed by atoms with van der Waals surface area (Å²) in [6.07, 6.45) is 0.739. The lowest BCUT2D eigenvalue weighted by Crippen LogP contribution is -2.24. The van der Waals surface area contributed by atoms with E-state index in [0.717, 1.165) is 23.8 Å². The van der Waals surface area contributed by atoms with Crippen LogP contribution in [0.4, 0.5) is 14.5 Å². The molecule has 2 aromatic carbocycles. The van der Waals surface area contributed by atoms with E-state index >= 15 is 0 Å². The summed E-state index contributed by atoms with van der Waals surface area (Å²) in [7, 11) is 0. The van der Waals surface area contributed by atoms with Crippen molar-refractivity contribution in [2.75, 3.05) is 11.9 Å². The average molecular weight is 340 g/mol. The van der Waals surface area contributed by atoms with E-state index in [1.54, 1.807) is 0 Å². The van der Waals surface area contributed by atoms with E-state index in [1.165, 1.54) is 6.07 Å². The molecule has 0 spiro atoms. The zero-order chi connectivity index (χ0) is 14.1. The van der Waals surface area contributed by atoms with E-state index in [4.69, 9.17) is 4.74 Å². The molecule has 2 nitrogen and oxygen atoms in total. The number of nitrogens with one attached hydrogen (secondary N) is 1. The fourth-order valence-corrected chi connectivity index (χ4v) is 2.59. The van der Waals surface area contributed by atoms with Gasteiger partial charge in [-0.05, 0) is 33.6 Å². The molecule has 0 amide bonds. The van der Waals surface area contributed by atoms with Gasteiger partial charge < -0.3 is 10.1 Å². The molecule has 1 N–H and O–H groups in total. The molecule has 20 heavy (non-hydrogen) atoms. The number of benzene rings is 2.